The lowest BCUT2D eigenvalue weighted by molar-refractivity contribution is -0.135. The van der Waals surface area contributed by atoms with Gasteiger partial charge in [0, 0.05) is 11.9 Å². The van der Waals surface area contributed by atoms with Gasteiger partial charge in [0.1, 0.15) is 6.54 Å². The van der Waals surface area contributed by atoms with Gasteiger partial charge >= 0.3 is 6.18 Å². The lowest BCUT2D eigenvalue weighted by Crippen LogP contribution is -2.40. The van der Waals surface area contributed by atoms with Gasteiger partial charge in [-0.05, 0) is 12.1 Å². The van der Waals surface area contributed by atoms with Crippen LogP contribution in [0.2, 0.25) is 0 Å². The van der Waals surface area contributed by atoms with Crippen molar-refractivity contribution in [2.24, 2.45) is 0 Å². The van der Waals surface area contributed by atoms with Crippen LogP contribution in [0.4, 0.5) is 13.2 Å². The van der Waals surface area contributed by atoms with Gasteiger partial charge in [0.2, 0.25) is 10.0 Å². The van der Waals surface area contributed by atoms with Gasteiger partial charge in [-0.1, -0.05) is 34.1 Å². The molecule has 0 aliphatic heterocycles. The molecule has 0 saturated carbocycles. The van der Waals surface area contributed by atoms with Crippen molar-refractivity contribution >= 4 is 26.0 Å². The molecule has 1 aromatic rings. The number of halogens is 4. The van der Waals surface area contributed by atoms with Gasteiger partial charge in [-0.25, -0.2) is 8.42 Å². The van der Waals surface area contributed by atoms with E-state index in [9.17, 15) is 21.6 Å². The van der Waals surface area contributed by atoms with Crippen molar-refractivity contribution in [1.82, 2.24) is 4.31 Å². The second kappa shape index (κ2) is 6.03. The molecule has 0 amide bonds. The van der Waals surface area contributed by atoms with E-state index in [1.54, 1.807) is 6.07 Å². The highest BCUT2D eigenvalue weighted by Gasteiger charge is 2.36. The number of alkyl halides is 4. The van der Waals surface area contributed by atoms with Crippen molar-refractivity contribution in [3.63, 3.8) is 0 Å². The quantitative estimate of drug-likeness (QED) is 0.769. The lowest BCUT2D eigenvalue weighted by Gasteiger charge is -2.22. The normalized spacial score (nSPS) is 12.9. The van der Waals surface area contributed by atoms with Gasteiger partial charge < -0.3 is 0 Å². The molecule has 0 aliphatic rings. The van der Waals surface area contributed by atoms with Crippen LogP contribution < -0.4 is 0 Å². The van der Waals surface area contributed by atoms with Crippen LogP contribution in [0.5, 0.6) is 0 Å². The number of rotatable bonds is 5. The SMILES string of the molecule is O=S(=O)(c1ccccc1)N(CCBr)CC(F)(F)F. The molecule has 102 valence electrons. The molecule has 0 fully saturated rings. The van der Waals surface area contributed by atoms with Crippen molar-refractivity contribution in [1.29, 1.82) is 0 Å². The molecule has 0 bridgehead atoms. The standard InChI is InChI=1S/C10H11BrF3NO2S/c11-6-7-15(8-10(12,13)14)18(16,17)9-4-2-1-3-5-9/h1-5H,6-8H2. The maximum Gasteiger partial charge on any atom is 0.402 e. The molecule has 0 heterocycles. The first-order chi connectivity index (χ1) is 8.27. The third-order valence-electron chi connectivity index (χ3n) is 2.07. The Kier molecular flexibility index (Phi) is 5.18. The fourth-order valence-electron chi connectivity index (χ4n) is 1.32. The fourth-order valence-corrected chi connectivity index (χ4v) is 3.43. The van der Waals surface area contributed by atoms with Crippen LogP contribution in [0, 0.1) is 0 Å². The molecule has 0 spiro atoms. The third kappa shape index (κ3) is 4.25. The minimum atomic E-state index is -4.57. The van der Waals surface area contributed by atoms with Crippen molar-refractivity contribution in [2.75, 3.05) is 18.4 Å². The molecule has 0 radical (unpaired) electrons. The first-order valence-corrected chi connectivity index (χ1v) is 7.51. The highest BCUT2D eigenvalue weighted by Crippen LogP contribution is 2.22. The molecule has 0 atom stereocenters. The highest BCUT2D eigenvalue weighted by atomic mass is 79.9. The summed E-state index contributed by atoms with van der Waals surface area (Å²) < 4.78 is 61.5. The zero-order valence-electron chi connectivity index (χ0n) is 9.19. The summed E-state index contributed by atoms with van der Waals surface area (Å²) in [7, 11) is -4.11. The number of nitrogens with zero attached hydrogens (tertiary/aromatic N) is 1. The monoisotopic (exact) mass is 345 g/mol. The molecule has 0 N–H and O–H groups in total. The molecule has 0 aliphatic carbocycles. The summed E-state index contributed by atoms with van der Waals surface area (Å²) in [5, 5.41) is 0.134. The maximum absolute atomic E-state index is 12.4. The second-order valence-electron chi connectivity index (χ2n) is 3.46. The van der Waals surface area contributed by atoms with Gasteiger partial charge in [0.25, 0.3) is 0 Å². The van der Waals surface area contributed by atoms with Gasteiger partial charge in [0.15, 0.2) is 0 Å². The Morgan fingerprint density at radius 1 is 1.17 bits per heavy atom. The van der Waals surface area contributed by atoms with E-state index in [4.69, 9.17) is 0 Å². The zero-order chi connectivity index (χ0) is 13.8. The van der Waals surface area contributed by atoms with Crippen molar-refractivity contribution in [3.05, 3.63) is 30.3 Å². The number of sulfonamides is 1. The fraction of sp³-hybridized carbons (Fsp3) is 0.400. The van der Waals surface area contributed by atoms with E-state index in [1.165, 1.54) is 24.3 Å². The molecular weight excluding hydrogens is 335 g/mol. The maximum atomic E-state index is 12.4. The summed E-state index contributed by atoms with van der Waals surface area (Å²) in [5.41, 5.74) is 0. The van der Waals surface area contributed by atoms with Crippen LogP contribution in [0.1, 0.15) is 0 Å². The first kappa shape index (κ1) is 15.5. The largest absolute Gasteiger partial charge is 0.402 e. The number of hydrogen-bond acceptors (Lipinski definition) is 2. The third-order valence-corrected chi connectivity index (χ3v) is 4.28. The Bertz CT molecular complexity index is 476. The topological polar surface area (TPSA) is 37.4 Å². The van der Waals surface area contributed by atoms with E-state index in [1.807, 2.05) is 0 Å². The Hall–Kier alpha value is -0.600. The summed E-state index contributed by atoms with van der Waals surface area (Å²) in [4.78, 5) is -0.143. The van der Waals surface area contributed by atoms with Gasteiger partial charge in [-0.3, -0.25) is 0 Å². The van der Waals surface area contributed by atoms with Gasteiger partial charge in [0.05, 0.1) is 4.90 Å². The minimum Gasteiger partial charge on any atom is -0.207 e. The van der Waals surface area contributed by atoms with Gasteiger partial charge in [-0.2, -0.15) is 17.5 Å². The van der Waals surface area contributed by atoms with Crippen LogP contribution in [-0.2, 0) is 10.0 Å². The molecule has 1 rings (SSSR count). The summed E-state index contributed by atoms with van der Waals surface area (Å²) in [6.45, 7) is -1.73. The van der Waals surface area contributed by atoms with Crippen molar-refractivity contribution in [3.8, 4) is 0 Å². The average Bonchev–Trinajstić information content (AvgIpc) is 2.28. The highest BCUT2D eigenvalue weighted by molar-refractivity contribution is 9.09. The predicted octanol–water partition coefficient (Wildman–Crippen LogP) is 2.63. The van der Waals surface area contributed by atoms with Crippen molar-refractivity contribution < 1.29 is 21.6 Å². The number of benzene rings is 1. The van der Waals surface area contributed by atoms with Crippen LogP contribution in [0.15, 0.2) is 35.2 Å². The van der Waals surface area contributed by atoms with Crippen LogP contribution >= 0.6 is 15.9 Å². The van der Waals surface area contributed by atoms with Crippen LogP contribution in [0.25, 0.3) is 0 Å². The molecule has 3 nitrogen and oxygen atoms in total. The van der Waals surface area contributed by atoms with E-state index >= 15 is 0 Å². The van der Waals surface area contributed by atoms with Crippen molar-refractivity contribution in [2.45, 2.75) is 11.1 Å². The number of hydrogen-bond donors (Lipinski definition) is 0. The van der Waals surface area contributed by atoms with Crippen LogP contribution in [-0.4, -0.2) is 37.3 Å². The zero-order valence-corrected chi connectivity index (χ0v) is 11.6. The molecule has 0 saturated heterocycles. The summed E-state index contributed by atoms with van der Waals surface area (Å²) in [5.74, 6) is 0. The van der Waals surface area contributed by atoms with E-state index < -0.39 is 22.7 Å². The Labute approximate surface area is 112 Å². The molecule has 8 heteroatoms. The molecule has 0 unspecified atom stereocenters. The first-order valence-electron chi connectivity index (χ1n) is 4.95. The van der Waals surface area contributed by atoms with Gasteiger partial charge in [-0.15, -0.1) is 0 Å². The smallest absolute Gasteiger partial charge is 0.207 e. The lowest BCUT2D eigenvalue weighted by atomic mass is 10.4. The van der Waals surface area contributed by atoms with Crippen LogP contribution in [0.3, 0.4) is 0 Å². The van der Waals surface area contributed by atoms with E-state index in [-0.39, 0.29) is 16.8 Å². The molecular formula is C10H11BrF3NO2S. The average molecular weight is 346 g/mol. The minimum absolute atomic E-state index is 0.134. The van der Waals surface area contributed by atoms with E-state index in [2.05, 4.69) is 15.9 Å². The molecule has 1 aromatic carbocycles. The molecule has 0 aromatic heterocycles. The Morgan fingerprint density at radius 3 is 2.17 bits per heavy atom. The van der Waals surface area contributed by atoms with E-state index in [0.29, 0.717) is 4.31 Å². The van der Waals surface area contributed by atoms with E-state index in [0.717, 1.165) is 0 Å². The summed E-state index contributed by atoms with van der Waals surface area (Å²) >= 11 is 2.95. The predicted molar refractivity (Wildman–Crippen MR) is 65.0 cm³/mol. The second-order valence-corrected chi connectivity index (χ2v) is 6.19. The molecule has 18 heavy (non-hydrogen) atoms. The Morgan fingerprint density at radius 2 is 1.72 bits per heavy atom. The summed E-state index contributed by atoms with van der Waals surface area (Å²) in [6, 6.07) is 7.07. The summed E-state index contributed by atoms with van der Waals surface area (Å²) in [6.07, 6.45) is -4.57. The Balaban J connectivity index is 3.05.